The molecular formula is C14H21BrN2O3. The van der Waals surface area contributed by atoms with Gasteiger partial charge in [-0.25, -0.2) is 0 Å². The number of carbonyl (C=O) groups excluding carboxylic acids is 1. The van der Waals surface area contributed by atoms with Gasteiger partial charge < -0.3 is 20.1 Å². The Morgan fingerprint density at radius 1 is 1.45 bits per heavy atom. The van der Waals surface area contributed by atoms with Crippen molar-refractivity contribution in [3.8, 4) is 11.5 Å². The summed E-state index contributed by atoms with van der Waals surface area (Å²) in [7, 11) is 3.23. The Hall–Kier alpha value is -1.27. The first-order valence-corrected chi connectivity index (χ1v) is 7.26. The molecular weight excluding hydrogens is 324 g/mol. The third kappa shape index (κ3) is 4.38. The fraction of sp³-hybridized carbons (Fsp3) is 0.500. The molecule has 0 aliphatic rings. The lowest BCUT2D eigenvalue weighted by atomic mass is 10.2. The van der Waals surface area contributed by atoms with Crippen molar-refractivity contribution in [2.75, 3.05) is 20.8 Å². The maximum absolute atomic E-state index is 11.4. The number of hydrogen-bond donors (Lipinski definition) is 2. The second-order valence-corrected chi connectivity index (χ2v) is 5.11. The third-order valence-corrected chi connectivity index (χ3v) is 3.42. The molecule has 0 saturated carbocycles. The molecule has 6 heteroatoms. The lowest BCUT2D eigenvalue weighted by Crippen LogP contribution is -2.40. The summed E-state index contributed by atoms with van der Waals surface area (Å²) in [6.07, 6.45) is 0. The van der Waals surface area contributed by atoms with Gasteiger partial charge in [0.25, 0.3) is 0 Å². The standard InChI is InChI=1S/C14H21BrN2O3/c1-5-20-13-11(15)6-10(7-12(13)19-4)8-17-9(2)14(18)16-3/h6-7,9,17H,5,8H2,1-4H3,(H,16,18). The Morgan fingerprint density at radius 2 is 2.15 bits per heavy atom. The van der Waals surface area contributed by atoms with Gasteiger partial charge in [-0.2, -0.15) is 0 Å². The van der Waals surface area contributed by atoms with E-state index in [4.69, 9.17) is 9.47 Å². The van der Waals surface area contributed by atoms with Gasteiger partial charge in [0.1, 0.15) is 0 Å². The molecule has 1 unspecified atom stereocenters. The number of carbonyl (C=O) groups is 1. The first kappa shape index (κ1) is 16.8. The number of ether oxygens (including phenoxy) is 2. The van der Waals surface area contributed by atoms with E-state index in [1.807, 2.05) is 26.0 Å². The van der Waals surface area contributed by atoms with E-state index in [-0.39, 0.29) is 11.9 Å². The van der Waals surface area contributed by atoms with Crippen LogP contribution in [-0.2, 0) is 11.3 Å². The second-order valence-electron chi connectivity index (χ2n) is 4.26. The van der Waals surface area contributed by atoms with Gasteiger partial charge in [0.2, 0.25) is 5.91 Å². The van der Waals surface area contributed by atoms with Crippen LogP contribution in [0.4, 0.5) is 0 Å². The SMILES string of the molecule is CCOc1c(Br)cc(CNC(C)C(=O)NC)cc1OC. The highest BCUT2D eigenvalue weighted by molar-refractivity contribution is 9.10. The first-order valence-electron chi connectivity index (χ1n) is 6.47. The van der Waals surface area contributed by atoms with Crippen molar-refractivity contribution in [2.24, 2.45) is 0 Å². The minimum atomic E-state index is -0.253. The fourth-order valence-electron chi connectivity index (χ4n) is 1.74. The molecule has 0 fully saturated rings. The van der Waals surface area contributed by atoms with Gasteiger partial charge in [0, 0.05) is 13.6 Å². The van der Waals surface area contributed by atoms with Crippen LogP contribution in [0.25, 0.3) is 0 Å². The van der Waals surface area contributed by atoms with E-state index in [0.717, 1.165) is 10.0 Å². The molecule has 0 bridgehead atoms. The average Bonchev–Trinajstić information content (AvgIpc) is 2.46. The Morgan fingerprint density at radius 3 is 2.70 bits per heavy atom. The van der Waals surface area contributed by atoms with Crippen LogP contribution in [0.15, 0.2) is 16.6 Å². The van der Waals surface area contributed by atoms with Crippen LogP contribution in [0.3, 0.4) is 0 Å². The van der Waals surface area contributed by atoms with Gasteiger partial charge in [-0.1, -0.05) is 0 Å². The van der Waals surface area contributed by atoms with Gasteiger partial charge in [-0.15, -0.1) is 0 Å². The highest BCUT2D eigenvalue weighted by atomic mass is 79.9. The van der Waals surface area contributed by atoms with Crippen molar-refractivity contribution in [3.05, 3.63) is 22.2 Å². The molecule has 5 nitrogen and oxygen atoms in total. The van der Waals surface area contributed by atoms with Gasteiger partial charge in [-0.05, 0) is 47.5 Å². The van der Waals surface area contributed by atoms with E-state index in [9.17, 15) is 4.79 Å². The van der Waals surface area contributed by atoms with Crippen molar-refractivity contribution < 1.29 is 14.3 Å². The summed E-state index contributed by atoms with van der Waals surface area (Å²) in [6.45, 7) is 4.88. The minimum absolute atomic E-state index is 0.0398. The number of halogens is 1. The first-order chi connectivity index (χ1) is 9.53. The van der Waals surface area contributed by atoms with Crippen LogP contribution in [-0.4, -0.2) is 32.7 Å². The molecule has 1 aromatic rings. The van der Waals surface area contributed by atoms with Crippen molar-refractivity contribution in [1.82, 2.24) is 10.6 Å². The lowest BCUT2D eigenvalue weighted by Gasteiger charge is -2.15. The summed E-state index contributed by atoms with van der Waals surface area (Å²) in [4.78, 5) is 11.4. The molecule has 0 aromatic heterocycles. The molecule has 1 aromatic carbocycles. The van der Waals surface area contributed by atoms with E-state index in [1.54, 1.807) is 14.2 Å². The molecule has 0 aliphatic heterocycles. The Labute approximate surface area is 128 Å². The van der Waals surface area contributed by atoms with Crippen molar-refractivity contribution in [3.63, 3.8) is 0 Å². The number of amides is 1. The van der Waals surface area contributed by atoms with Gasteiger partial charge in [0.05, 0.1) is 24.2 Å². The maximum Gasteiger partial charge on any atom is 0.236 e. The molecule has 0 saturated heterocycles. The van der Waals surface area contributed by atoms with Crippen LogP contribution in [0.5, 0.6) is 11.5 Å². The van der Waals surface area contributed by atoms with Crippen molar-refractivity contribution >= 4 is 21.8 Å². The third-order valence-electron chi connectivity index (χ3n) is 2.83. The maximum atomic E-state index is 11.4. The van der Waals surface area contributed by atoms with Crippen molar-refractivity contribution in [1.29, 1.82) is 0 Å². The molecule has 0 radical (unpaired) electrons. The number of hydrogen-bond acceptors (Lipinski definition) is 4. The van der Waals surface area contributed by atoms with Crippen molar-refractivity contribution in [2.45, 2.75) is 26.4 Å². The summed E-state index contributed by atoms with van der Waals surface area (Å²) in [5.74, 6) is 1.32. The Bertz CT molecular complexity index is 466. The summed E-state index contributed by atoms with van der Waals surface area (Å²) in [6, 6.07) is 3.60. The quantitative estimate of drug-likeness (QED) is 0.795. The summed E-state index contributed by atoms with van der Waals surface area (Å²) in [5.41, 5.74) is 1.01. The fourth-order valence-corrected chi connectivity index (χ4v) is 2.34. The molecule has 0 spiro atoms. The summed E-state index contributed by atoms with van der Waals surface area (Å²) < 4.78 is 11.7. The van der Waals surface area contributed by atoms with E-state index < -0.39 is 0 Å². The van der Waals surface area contributed by atoms with E-state index in [2.05, 4.69) is 26.6 Å². The average molecular weight is 345 g/mol. The van der Waals surface area contributed by atoms with E-state index >= 15 is 0 Å². The van der Waals surface area contributed by atoms with Crippen LogP contribution < -0.4 is 20.1 Å². The molecule has 112 valence electrons. The number of likely N-dealkylation sites (N-methyl/N-ethyl adjacent to an activating group) is 1. The molecule has 2 N–H and O–H groups in total. The van der Waals surface area contributed by atoms with Crippen LogP contribution in [0, 0.1) is 0 Å². The Balaban J connectivity index is 2.82. The van der Waals surface area contributed by atoms with Gasteiger partial charge in [0.15, 0.2) is 11.5 Å². The van der Waals surface area contributed by atoms with Gasteiger partial charge in [-0.3, -0.25) is 4.79 Å². The van der Waals surface area contributed by atoms with Gasteiger partial charge >= 0.3 is 0 Å². The summed E-state index contributed by atoms with van der Waals surface area (Å²) >= 11 is 3.48. The molecule has 0 aliphatic carbocycles. The monoisotopic (exact) mass is 344 g/mol. The number of nitrogens with one attached hydrogen (secondary N) is 2. The summed E-state index contributed by atoms with van der Waals surface area (Å²) in [5, 5.41) is 5.76. The normalized spacial score (nSPS) is 11.8. The zero-order chi connectivity index (χ0) is 15.1. The van der Waals surface area contributed by atoms with E-state index in [1.165, 1.54) is 0 Å². The number of benzene rings is 1. The molecule has 0 heterocycles. The lowest BCUT2D eigenvalue weighted by molar-refractivity contribution is -0.122. The predicted molar refractivity (Wildman–Crippen MR) is 82.2 cm³/mol. The number of rotatable bonds is 7. The highest BCUT2D eigenvalue weighted by Crippen LogP contribution is 2.36. The predicted octanol–water partition coefficient (Wildman–Crippen LogP) is 2.08. The van der Waals surface area contributed by atoms with Crippen LogP contribution in [0.1, 0.15) is 19.4 Å². The smallest absolute Gasteiger partial charge is 0.236 e. The van der Waals surface area contributed by atoms with E-state index in [0.29, 0.717) is 24.7 Å². The second kappa shape index (κ2) is 8.11. The molecule has 1 rings (SSSR count). The van der Waals surface area contributed by atoms with Crippen LogP contribution in [0.2, 0.25) is 0 Å². The minimum Gasteiger partial charge on any atom is -0.493 e. The molecule has 20 heavy (non-hydrogen) atoms. The zero-order valence-corrected chi connectivity index (χ0v) is 13.8. The Kier molecular flexibility index (Phi) is 6.81. The van der Waals surface area contributed by atoms with Crippen LogP contribution >= 0.6 is 15.9 Å². The topological polar surface area (TPSA) is 59.6 Å². The number of methoxy groups -OCH3 is 1. The zero-order valence-electron chi connectivity index (χ0n) is 12.2. The largest absolute Gasteiger partial charge is 0.493 e. The molecule has 1 atom stereocenters. The highest BCUT2D eigenvalue weighted by Gasteiger charge is 2.13. The molecule has 1 amide bonds.